The van der Waals surface area contributed by atoms with Gasteiger partial charge in [-0.1, -0.05) is 36.4 Å². The Morgan fingerprint density at radius 3 is 2.72 bits per heavy atom. The molecule has 0 unspecified atom stereocenters. The van der Waals surface area contributed by atoms with E-state index in [4.69, 9.17) is 4.74 Å². The molecule has 0 saturated carbocycles. The number of carboxylic acid groups (broad SMARTS) is 1. The molecular weight excluding hydrogens is 452 g/mol. The maximum Gasteiger partial charge on any atom is 0.303 e. The number of benzene rings is 2. The van der Waals surface area contributed by atoms with E-state index in [9.17, 15) is 15.0 Å². The summed E-state index contributed by atoms with van der Waals surface area (Å²) in [6.07, 6.45) is 6.51. The third kappa shape index (κ3) is 6.24. The van der Waals surface area contributed by atoms with E-state index in [2.05, 4.69) is 47.1 Å². The molecular formula is C30H36N2O4. The largest absolute Gasteiger partial charge is 0.497 e. The lowest BCUT2D eigenvalue weighted by molar-refractivity contribution is -0.139. The van der Waals surface area contributed by atoms with Crippen LogP contribution in [0.1, 0.15) is 49.8 Å². The number of rotatable bonds is 10. The molecule has 0 spiro atoms. The van der Waals surface area contributed by atoms with E-state index in [1.165, 1.54) is 11.3 Å². The normalized spacial score (nSPS) is 19.3. The van der Waals surface area contributed by atoms with Crippen LogP contribution in [0, 0.1) is 11.8 Å². The predicted octanol–water partition coefficient (Wildman–Crippen LogP) is 5.62. The molecule has 0 bridgehead atoms. The molecule has 2 heterocycles. The number of fused-ring (bicyclic) bond motifs is 1. The van der Waals surface area contributed by atoms with E-state index in [0.29, 0.717) is 6.42 Å². The summed E-state index contributed by atoms with van der Waals surface area (Å²) in [5, 5.41) is 21.6. The van der Waals surface area contributed by atoms with Gasteiger partial charge in [-0.2, -0.15) is 0 Å². The summed E-state index contributed by atoms with van der Waals surface area (Å²) in [7, 11) is 1.63. The molecule has 6 nitrogen and oxygen atoms in total. The Balaban J connectivity index is 1.44. The Morgan fingerprint density at radius 2 is 2.00 bits per heavy atom. The van der Waals surface area contributed by atoms with Crippen LogP contribution in [0.4, 0.5) is 0 Å². The number of piperidine rings is 1. The molecule has 4 rings (SSSR count). The summed E-state index contributed by atoms with van der Waals surface area (Å²) < 4.78 is 5.36. The van der Waals surface area contributed by atoms with Gasteiger partial charge in [0.1, 0.15) is 5.75 Å². The monoisotopic (exact) mass is 488 g/mol. The fourth-order valence-corrected chi connectivity index (χ4v) is 5.47. The number of allylic oxidation sites excluding steroid dienone is 2. The standard InChI is InChI=1S/C30H36N2O4/c1-3-24(17-21-7-5-4-6-8-21)32-16-14-22(23(20-32)18-30(34)35)9-12-29(33)26-13-15-31-28-11-10-25(36-2)19-27(26)28/h3-8,10-11,13,15,19,22-23,29,33H,9,12,14,16-18,20H2,1-2H3,(H,34,35)/t22-,23+,29+/m1/s1. The lowest BCUT2D eigenvalue weighted by Crippen LogP contribution is -2.41. The molecule has 1 aromatic heterocycles. The fraction of sp³-hybridized carbons (Fsp3) is 0.400. The Kier molecular flexibility index (Phi) is 8.60. The minimum absolute atomic E-state index is 0.0449. The van der Waals surface area contributed by atoms with Gasteiger partial charge in [-0.25, -0.2) is 0 Å². The molecule has 2 N–H and O–H groups in total. The highest BCUT2D eigenvalue weighted by Gasteiger charge is 2.32. The SMILES string of the molecule is CC=C(Cc1ccccc1)N1CC[C@@H](CC[C@H](O)c2ccnc3ccc(OC)cc23)[C@@H](CC(=O)O)C1. The summed E-state index contributed by atoms with van der Waals surface area (Å²) in [5.74, 6) is 0.269. The topological polar surface area (TPSA) is 82.9 Å². The van der Waals surface area contributed by atoms with E-state index >= 15 is 0 Å². The number of methoxy groups -OCH3 is 1. The number of hydrogen-bond donors (Lipinski definition) is 2. The number of nitrogens with zero attached hydrogens (tertiary/aromatic N) is 2. The first-order valence-electron chi connectivity index (χ1n) is 12.7. The first-order chi connectivity index (χ1) is 17.5. The molecule has 36 heavy (non-hydrogen) atoms. The molecule has 3 aromatic rings. The lowest BCUT2D eigenvalue weighted by Gasteiger charge is -2.41. The summed E-state index contributed by atoms with van der Waals surface area (Å²) in [6, 6.07) is 17.9. The number of likely N-dealkylation sites (tertiary alicyclic amines) is 1. The minimum atomic E-state index is -0.760. The van der Waals surface area contributed by atoms with E-state index < -0.39 is 12.1 Å². The van der Waals surface area contributed by atoms with E-state index in [1.807, 2.05) is 30.3 Å². The molecule has 1 aliphatic rings. The number of aliphatic hydroxyl groups excluding tert-OH is 1. The van der Waals surface area contributed by atoms with Crippen LogP contribution >= 0.6 is 0 Å². The fourth-order valence-electron chi connectivity index (χ4n) is 5.47. The van der Waals surface area contributed by atoms with E-state index in [0.717, 1.165) is 54.6 Å². The lowest BCUT2D eigenvalue weighted by atomic mass is 9.79. The summed E-state index contributed by atoms with van der Waals surface area (Å²) >= 11 is 0. The van der Waals surface area contributed by atoms with Crippen LogP contribution in [-0.4, -0.2) is 46.3 Å². The molecule has 2 aromatic carbocycles. The maximum absolute atomic E-state index is 11.7. The zero-order chi connectivity index (χ0) is 25.5. The minimum Gasteiger partial charge on any atom is -0.497 e. The summed E-state index contributed by atoms with van der Waals surface area (Å²) in [5.41, 5.74) is 4.16. The van der Waals surface area contributed by atoms with Crippen LogP contribution in [0.25, 0.3) is 10.9 Å². The van der Waals surface area contributed by atoms with Gasteiger partial charge in [0.05, 0.1) is 25.2 Å². The molecule has 1 fully saturated rings. The van der Waals surface area contributed by atoms with Gasteiger partial charge in [0.2, 0.25) is 0 Å². The molecule has 0 aliphatic carbocycles. The van der Waals surface area contributed by atoms with Gasteiger partial charge < -0.3 is 19.8 Å². The number of carboxylic acids is 1. The second-order valence-electron chi connectivity index (χ2n) is 9.67. The highest BCUT2D eigenvalue weighted by molar-refractivity contribution is 5.83. The molecule has 1 aliphatic heterocycles. The van der Waals surface area contributed by atoms with Crippen LogP contribution in [0.5, 0.6) is 5.75 Å². The number of carbonyl (C=O) groups is 1. The molecule has 0 amide bonds. The van der Waals surface area contributed by atoms with Crippen molar-refractivity contribution in [1.29, 1.82) is 0 Å². The number of pyridine rings is 1. The van der Waals surface area contributed by atoms with Gasteiger partial charge in [0.25, 0.3) is 0 Å². The predicted molar refractivity (Wildman–Crippen MR) is 142 cm³/mol. The average molecular weight is 489 g/mol. The quantitative estimate of drug-likeness (QED) is 0.386. The van der Waals surface area contributed by atoms with Crippen LogP contribution < -0.4 is 4.74 Å². The highest BCUT2D eigenvalue weighted by atomic mass is 16.5. The smallest absolute Gasteiger partial charge is 0.303 e. The van der Waals surface area contributed by atoms with Crippen LogP contribution in [0.15, 0.2) is 72.6 Å². The van der Waals surface area contributed by atoms with Gasteiger partial charge in [-0.05, 0) is 73.4 Å². The molecule has 190 valence electrons. The Morgan fingerprint density at radius 1 is 1.19 bits per heavy atom. The van der Waals surface area contributed by atoms with E-state index in [-0.39, 0.29) is 18.3 Å². The van der Waals surface area contributed by atoms with Crippen molar-refractivity contribution in [1.82, 2.24) is 9.88 Å². The molecule has 6 heteroatoms. The van der Waals surface area contributed by atoms with Gasteiger partial charge in [-0.15, -0.1) is 0 Å². The summed E-state index contributed by atoms with van der Waals surface area (Å²) in [6.45, 7) is 3.69. The average Bonchev–Trinajstić information content (AvgIpc) is 2.90. The molecule has 3 atom stereocenters. The highest BCUT2D eigenvalue weighted by Crippen LogP contribution is 2.36. The zero-order valence-corrected chi connectivity index (χ0v) is 21.1. The Bertz CT molecular complexity index is 1190. The molecule has 0 radical (unpaired) electrons. The van der Waals surface area contributed by atoms with Crippen LogP contribution in [-0.2, 0) is 11.2 Å². The van der Waals surface area contributed by atoms with Crippen LogP contribution in [0.3, 0.4) is 0 Å². The van der Waals surface area contributed by atoms with Crippen molar-refractivity contribution in [2.24, 2.45) is 11.8 Å². The second-order valence-corrected chi connectivity index (χ2v) is 9.67. The molecule has 1 saturated heterocycles. The van der Waals surface area contributed by atoms with Crippen molar-refractivity contribution < 1.29 is 19.7 Å². The number of ether oxygens (including phenoxy) is 1. The van der Waals surface area contributed by atoms with Gasteiger partial charge >= 0.3 is 5.97 Å². The zero-order valence-electron chi connectivity index (χ0n) is 21.1. The number of aliphatic carboxylic acids is 1. The maximum atomic E-state index is 11.7. The number of aromatic nitrogens is 1. The Labute approximate surface area is 213 Å². The first-order valence-corrected chi connectivity index (χ1v) is 12.7. The number of hydrogen-bond acceptors (Lipinski definition) is 5. The van der Waals surface area contributed by atoms with Gasteiger partial charge in [0, 0.05) is 36.8 Å². The van der Waals surface area contributed by atoms with Crippen molar-refractivity contribution in [3.8, 4) is 5.75 Å². The van der Waals surface area contributed by atoms with Crippen LogP contribution in [0.2, 0.25) is 0 Å². The van der Waals surface area contributed by atoms with Crippen molar-refractivity contribution in [3.05, 3.63) is 83.7 Å². The van der Waals surface area contributed by atoms with Crippen molar-refractivity contribution in [2.75, 3.05) is 20.2 Å². The number of aliphatic hydroxyl groups is 1. The third-order valence-corrected chi connectivity index (χ3v) is 7.45. The van der Waals surface area contributed by atoms with Crippen molar-refractivity contribution in [2.45, 2.75) is 45.1 Å². The van der Waals surface area contributed by atoms with Crippen molar-refractivity contribution in [3.63, 3.8) is 0 Å². The second kappa shape index (κ2) is 12.0. The first kappa shape index (κ1) is 25.7. The van der Waals surface area contributed by atoms with Gasteiger partial charge in [0.15, 0.2) is 0 Å². The third-order valence-electron chi connectivity index (χ3n) is 7.45. The van der Waals surface area contributed by atoms with E-state index in [1.54, 1.807) is 13.3 Å². The van der Waals surface area contributed by atoms with Crippen molar-refractivity contribution >= 4 is 16.9 Å². The van der Waals surface area contributed by atoms with Gasteiger partial charge in [-0.3, -0.25) is 9.78 Å². The Hall–Kier alpha value is -3.38. The summed E-state index contributed by atoms with van der Waals surface area (Å²) in [4.78, 5) is 18.5.